The molecular formula is C16H20N4O. The molecule has 1 saturated heterocycles. The number of para-hydroxylation sites is 2. The molecule has 110 valence electrons. The van der Waals surface area contributed by atoms with E-state index in [1.807, 2.05) is 42.7 Å². The third-order valence-corrected chi connectivity index (χ3v) is 4.52. The van der Waals surface area contributed by atoms with Crippen molar-refractivity contribution in [1.29, 1.82) is 5.26 Å². The molecule has 0 atom stereocenters. The third-order valence-electron chi connectivity index (χ3n) is 4.52. The van der Waals surface area contributed by atoms with Crippen molar-refractivity contribution in [3.8, 4) is 6.07 Å². The van der Waals surface area contributed by atoms with E-state index in [2.05, 4.69) is 16.0 Å². The standard InChI is InChI=1S/C16H20N4O/c1-16(2,11-17)19-9-7-12(8-10-19)20-14-6-4-3-5-13(14)18-15(20)21/h3-6,12H,7-10H2,1-2H3,(H,18,21). The van der Waals surface area contributed by atoms with E-state index in [0.717, 1.165) is 37.0 Å². The van der Waals surface area contributed by atoms with Gasteiger partial charge in [-0.1, -0.05) is 12.1 Å². The Kier molecular flexibility index (Phi) is 3.34. The monoisotopic (exact) mass is 284 g/mol. The van der Waals surface area contributed by atoms with Crippen LogP contribution in [0.1, 0.15) is 32.7 Å². The van der Waals surface area contributed by atoms with Gasteiger partial charge in [0, 0.05) is 19.1 Å². The smallest absolute Gasteiger partial charge is 0.306 e. The van der Waals surface area contributed by atoms with Crippen LogP contribution in [0.4, 0.5) is 0 Å². The average Bonchev–Trinajstić information content (AvgIpc) is 2.83. The van der Waals surface area contributed by atoms with E-state index >= 15 is 0 Å². The van der Waals surface area contributed by atoms with Crippen LogP contribution in [0.25, 0.3) is 11.0 Å². The van der Waals surface area contributed by atoms with Crippen molar-refractivity contribution in [3.63, 3.8) is 0 Å². The maximum atomic E-state index is 12.2. The second kappa shape index (κ2) is 5.05. The highest BCUT2D eigenvalue weighted by Crippen LogP contribution is 2.28. The minimum Gasteiger partial charge on any atom is -0.306 e. The maximum Gasteiger partial charge on any atom is 0.326 e. The fourth-order valence-electron chi connectivity index (χ4n) is 3.19. The number of hydrogen-bond donors (Lipinski definition) is 1. The van der Waals surface area contributed by atoms with Gasteiger partial charge in [-0.3, -0.25) is 9.47 Å². The predicted octanol–water partition coefficient (Wildman–Crippen LogP) is 2.27. The van der Waals surface area contributed by atoms with Crippen molar-refractivity contribution in [2.45, 2.75) is 38.3 Å². The summed E-state index contributed by atoms with van der Waals surface area (Å²) >= 11 is 0. The first kappa shape index (κ1) is 13.9. The van der Waals surface area contributed by atoms with Crippen LogP contribution in [0.15, 0.2) is 29.1 Å². The van der Waals surface area contributed by atoms with Gasteiger partial charge in [0.1, 0.15) is 5.54 Å². The molecule has 1 aliphatic heterocycles. The molecule has 0 radical (unpaired) electrons. The average molecular weight is 284 g/mol. The van der Waals surface area contributed by atoms with Crippen LogP contribution in [-0.4, -0.2) is 33.1 Å². The molecule has 2 heterocycles. The van der Waals surface area contributed by atoms with E-state index in [0.29, 0.717) is 0 Å². The summed E-state index contributed by atoms with van der Waals surface area (Å²) in [6.45, 7) is 5.59. The Morgan fingerprint density at radius 3 is 2.62 bits per heavy atom. The van der Waals surface area contributed by atoms with Gasteiger partial charge in [0.2, 0.25) is 0 Å². The van der Waals surface area contributed by atoms with Gasteiger partial charge in [0.05, 0.1) is 17.1 Å². The number of nitrogens with zero attached hydrogens (tertiary/aromatic N) is 3. The number of H-pyrrole nitrogens is 1. The largest absolute Gasteiger partial charge is 0.326 e. The number of nitriles is 1. The van der Waals surface area contributed by atoms with Crippen molar-refractivity contribution in [3.05, 3.63) is 34.7 Å². The molecular weight excluding hydrogens is 264 g/mol. The van der Waals surface area contributed by atoms with E-state index in [-0.39, 0.29) is 11.7 Å². The van der Waals surface area contributed by atoms with Crippen LogP contribution < -0.4 is 5.69 Å². The summed E-state index contributed by atoms with van der Waals surface area (Å²) < 4.78 is 1.88. The number of likely N-dealkylation sites (tertiary alicyclic amines) is 1. The molecule has 3 rings (SSSR count). The van der Waals surface area contributed by atoms with Crippen LogP contribution in [0, 0.1) is 11.3 Å². The Hall–Kier alpha value is -2.06. The zero-order chi connectivity index (χ0) is 15.0. The lowest BCUT2D eigenvalue weighted by Gasteiger charge is -2.39. The van der Waals surface area contributed by atoms with Crippen LogP contribution in [-0.2, 0) is 0 Å². The molecule has 5 nitrogen and oxygen atoms in total. The zero-order valence-corrected chi connectivity index (χ0v) is 12.5. The molecule has 0 bridgehead atoms. The van der Waals surface area contributed by atoms with Crippen molar-refractivity contribution in [2.75, 3.05) is 13.1 Å². The van der Waals surface area contributed by atoms with E-state index < -0.39 is 5.54 Å². The first-order valence-corrected chi connectivity index (χ1v) is 7.38. The molecule has 1 fully saturated rings. The number of benzene rings is 1. The van der Waals surface area contributed by atoms with Gasteiger partial charge in [0.15, 0.2) is 0 Å². The predicted molar refractivity (Wildman–Crippen MR) is 82.1 cm³/mol. The molecule has 5 heteroatoms. The first-order valence-electron chi connectivity index (χ1n) is 7.38. The molecule has 2 aromatic rings. The lowest BCUT2D eigenvalue weighted by atomic mass is 9.97. The summed E-state index contributed by atoms with van der Waals surface area (Å²) in [7, 11) is 0. The quantitative estimate of drug-likeness (QED) is 0.920. The van der Waals surface area contributed by atoms with Crippen LogP contribution in [0.2, 0.25) is 0 Å². The highest BCUT2D eigenvalue weighted by Gasteiger charge is 2.31. The highest BCUT2D eigenvalue weighted by molar-refractivity contribution is 5.75. The molecule has 1 N–H and O–H groups in total. The van der Waals surface area contributed by atoms with Gasteiger partial charge in [-0.25, -0.2) is 4.79 Å². The zero-order valence-electron chi connectivity index (χ0n) is 12.5. The van der Waals surface area contributed by atoms with Gasteiger partial charge in [-0.05, 0) is 38.8 Å². The van der Waals surface area contributed by atoms with Crippen molar-refractivity contribution in [1.82, 2.24) is 14.5 Å². The number of aromatic nitrogens is 2. The number of hydrogen-bond acceptors (Lipinski definition) is 3. The second-order valence-corrected chi connectivity index (χ2v) is 6.21. The number of piperidine rings is 1. The van der Waals surface area contributed by atoms with Crippen LogP contribution >= 0.6 is 0 Å². The highest BCUT2D eigenvalue weighted by atomic mass is 16.1. The van der Waals surface area contributed by atoms with E-state index in [9.17, 15) is 10.1 Å². The summed E-state index contributed by atoms with van der Waals surface area (Å²) in [5.41, 5.74) is 1.40. The lowest BCUT2D eigenvalue weighted by molar-refractivity contribution is 0.113. The summed E-state index contributed by atoms with van der Waals surface area (Å²) in [6, 6.07) is 10.4. The minimum atomic E-state index is -0.434. The number of imidazole rings is 1. The summed E-state index contributed by atoms with van der Waals surface area (Å²) in [4.78, 5) is 17.3. The minimum absolute atomic E-state index is 0.0332. The Morgan fingerprint density at radius 1 is 1.29 bits per heavy atom. The van der Waals surface area contributed by atoms with Gasteiger partial charge in [-0.2, -0.15) is 5.26 Å². The Morgan fingerprint density at radius 2 is 1.95 bits per heavy atom. The first-order chi connectivity index (χ1) is 10.0. The summed E-state index contributed by atoms with van der Waals surface area (Å²) in [5, 5.41) is 9.23. The SMILES string of the molecule is CC(C)(C#N)N1CCC(n2c(=O)[nH]c3ccccc32)CC1. The maximum absolute atomic E-state index is 12.2. The molecule has 0 spiro atoms. The van der Waals surface area contributed by atoms with Gasteiger partial charge in [0.25, 0.3) is 0 Å². The molecule has 0 saturated carbocycles. The molecule has 1 aromatic carbocycles. The van der Waals surface area contributed by atoms with Crippen molar-refractivity contribution >= 4 is 11.0 Å². The number of nitrogens with one attached hydrogen (secondary N) is 1. The third kappa shape index (κ3) is 2.36. The molecule has 0 aliphatic carbocycles. The van der Waals surface area contributed by atoms with Gasteiger partial charge >= 0.3 is 5.69 Å². The number of fused-ring (bicyclic) bond motifs is 1. The van der Waals surface area contributed by atoms with Crippen LogP contribution in [0.3, 0.4) is 0 Å². The van der Waals surface area contributed by atoms with E-state index in [1.165, 1.54) is 0 Å². The number of aromatic amines is 1. The molecule has 21 heavy (non-hydrogen) atoms. The van der Waals surface area contributed by atoms with Crippen molar-refractivity contribution in [2.24, 2.45) is 0 Å². The Bertz CT molecular complexity index is 741. The number of rotatable bonds is 2. The molecule has 0 amide bonds. The molecule has 0 unspecified atom stereocenters. The summed E-state index contributed by atoms with van der Waals surface area (Å²) in [5.74, 6) is 0. The lowest BCUT2D eigenvalue weighted by Crippen LogP contribution is -2.48. The Labute approximate surface area is 123 Å². The Balaban J connectivity index is 1.85. The topological polar surface area (TPSA) is 64.8 Å². The van der Waals surface area contributed by atoms with E-state index in [4.69, 9.17) is 0 Å². The van der Waals surface area contributed by atoms with Gasteiger partial charge < -0.3 is 4.98 Å². The summed E-state index contributed by atoms with van der Waals surface area (Å²) in [6.07, 6.45) is 1.79. The second-order valence-electron chi connectivity index (χ2n) is 6.21. The molecule has 1 aromatic heterocycles. The molecule has 1 aliphatic rings. The van der Waals surface area contributed by atoms with Crippen LogP contribution in [0.5, 0.6) is 0 Å². The fourth-order valence-corrected chi connectivity index (χ4v) is 3.19. The van der Waals surface area contributed by atoms with Gasteiger partial charge in [-0.15, -0.1) is 0 Å². The van der Waals surface area contributed by atoms with E-state index in [1.54, 1.807) is 0 Å². The normalized spacial score (nSPS) is 18.0. The van der Waals surface area contributed by atoms with Crippen molar-refractivity contribution < 1.29 is 0 Å². The fraction of sp³-hybridized carbons (Fsp3) is 0.500.